The summed E-state index contributed by atoms with van der Waals surface area (Å²) >= 11 is 1.07. The van der Waals surface area contributed by atoms with Crippen molar-refractivity contribution in [2.45, 2.75) is 25.8 Å². The summed E-state index contributed by atoms with van der Waals surface area (Å²) in [7, 11) is 0. The molecule has 0 aliphatic heterocycles. The Labute approximate surface area is 160 Å². The summed E-state index contributed by atoms with van der Waals surface area (Å²) in [4.78, 5) is 4.62. The molecule has 0 atom stereocenters. The molecule has 1 heterocycles. The number of aromatic nitrogens is 2. The molecule has 0 aliphatic carbocycles. The van der Waals surface area contributed by atoms with E-state index in [-0.39, 0.29) is 20.1 Å². The smallest absolute Gasteiger partial charge is 0.140 e. The van der Waals surface area contributed by atoms with Crippen molar-refractivity contribution in [3.8, 4) is 22.5 Å². The van der Waals surface area contributed by atoms with Crippen molar-refractivity contribution in [1.29, 1.82) is 5.26 Å². The quantitative estimate of drug-likeness (QED) is 0.288. The summed E-state index contributed by atoms with van der Waals surface area (Å²) in [5, 5.41) is 11.8. The van der Waals surface area contributed by atoms with Crippen LogP contribution in [-0.4, -0.2) is 9.55 Å². The van der Waals surface area contributed by atoms with Crippen molar-refractivity contribution in [3.05, 3.63) is 65.4 Å². The van der Waals surface area contributed by atoms with Gasteiger partial charge in [0, 0.05) is 43.8 Å². The summed E-state index contributed by atoms with van der Waals surface area (Å²) < 4.78 is 2.07. The predicted octanol–water partition coefficient (Wildman–Crippen LogP) is 4.84. The summed E-state index contributed by atoms with van der Waals surface area (Å²) in [5.74, 6) is 0.804. The molecule has 0 saturated heterocycles. The maximum absolute atomic E-state index is 8.96. The van der Waals surface area contributed by atoms with Gasteiger partial charge in [0.05, 0.1) is 5.82 Å². The predicted molar refractivity (Wildman–Crippen MR) is 93.5 cm³/mol. The minimum atomic E-state index is 0. The number of nitrogens with zero attached hydrogens (tertiary/aromatic N) is 3. The maximum Gasteiger partial charge on any atom is 0.140 e. The van der Waals surface area contributed by atoms with E-state index in [1.165, 1.54) is 16.7 Å². The molecule has 0 saturated carbocycles. The summed E-state index contributed by atoms with van der Waals surface area (Å²) in [6.45, 7) is 6.30. The van der Waals surface area contributed by atoms with Crippen molar-refractivity contribution in [3.63, 3.8) is 0 Å². The first-order valence-electron chi connectivity index (χ1n) is 7.31. The van der Waals surface area contributed by atoms with Crippen LogP contribution in [0.2, 0.25) is 0 Å². The fourth-order valence-corrected chi connectivity index (χ4v) is 3.28. The fourth-order valence-electron chi connectivity index (χ4n) is 2.90. The number of imidazole rings is 1. The summed E-state index contributed by atoms with van der Waals surface area (Å²) in [6.07, 6.45) is 1.93. The van der Waals surface area contributed by atoms with Crippen LogP contribution in [0, 0.1) is 37.5 Å². The minimum absolute atomic E-state index is 0. The molecule has 5 heteroatoms. The Morgan fingerprint density at radius 1 is 1.17 bits per heavy atom. The van der Waals surface area contributed by atoms with Crippen LogP contribution in [0.1, 0.15) is 16.7 Å². The average molecular weight is 511 g/mol. The van der Waals surface area contributed by atoms with Gasteiger partial charge in [-0.25, -0.2) is 0 Å². The Kier molecular flexibility index (Phi) is 6.01. The molecular weight excluding hydrogens is 495 g/mol. The average Bonchev–Trinajstić information content (AvgIpc) is 2.91. The second-order valence-corrected chi connectivity index (χ2v) is 6.29. The van der Waals surface area contributed by atoms with E-state index in [2.05, 4.69) is 53.9 Å². The van der Waals surface area contributed by atoms with Crippen molar-refractivity contribution in [1.82, 2.24) is 9.55 Å². The first-order valence-corrected chi connectivity index (χ1v) is 8.12. The van der Waals surface area contributed by atoms with Crippen LogP contribution in [0.15, 0.2) is 47.6 Å². The van der Waals surface area contributed by atoms with E-state index in [1.807, 2.05) is 30.5 Å². The molecule has 0 aliphatic rings. The number of nitriles is 1. The van der Waals surface area contributed by atoms with Gasteiger partial charge in [0.25, 0.3) is 0 Å². The van der Waals surface area contributed by atoms with E-state index in [9.17, 15) is 0 Å². The summed E-state index contributed by atoms with van der Waals surface area (Å²) in [5.41, 5.74) is 5.64. The van der Waals surface area contributed by atoms with E-state index in [1.54, 1.807) is 0 Å². The molecule has 3 nitrogen and oxygen atoms in total. The zero-order chi connectivity index (χ0) is 16.4. The molecule has 0 N–H and O–H groups in total. The third-order valence-corrected chi connectivity index (χ3v) is 4.16. The molecule has 3 rings (SSSR count). The molecule has 24 heavy (non-hydrogen) atoms. The number of thioether (sulfide) groups is 1. The number of aryl methyl sites for hydroxylation is 3. The third-order valence-electron chi connectivity index (χ3n) is 3.66. The molecule has 0 spiro atoms. The van der Waals surface area contributed by atoms with Crippen LogP contribution in [0.25, 0.3) is 17.1 Å². The number of benzene rings is 2. The SMILES string of the molecule is Cc1cc(C)c(-n2cc(SC#N)nc2-c2[c-]cccc2)c(C)c1.[Ir]. The van der Waals surface area contributed by atoms with Crippen LogP contribution in [0.4, 0.5) is 0 Å². The number of thiocyanates is 1. The second-order valence-electron chi connectivity index (χ2n) is 5.49. The first kappa shape index (κ1) is 18.5. The van der Waals surface area contributed by atoms with E-state index in [0.29, 0.717) is 5.03 Å². The number of rotatable bonds is 3. The Morgan fingerprint density at radius 2 is 1.88 bits per heavy atom. The van der Waals surface area contributed by atoms with Gasteiger partial charge in [-0.3, -0.25) is 4.98 Å². The molecule has 123 valence electrons. The van der Waals surface area contributed by atoms with Crippen molar-refractivity contribution >= 4 is 11.8 Å². The Morgan fingerprint density at radius 3 is 2.46 bits per heavy atom. The van der Waals surface area contributed by atoms with Crippen molar-refractivity contribution in [2.24, 2.45) is 0 Å². The molecule has 0 bridgehead atoms. The molecule has 0 fully saturated rings. The van der Waals surface area contributed by atoms with Crippen LogP contribution in [-0.2, 0) is 20.1 Å². The Hall–Kier alpha value is -1.86. The summed E-state index contributed by atoms with van der Waals surface area (Å²) in [6, 6.07) is 15.3. The molecule has 1 radical (unpaired) electrons. The second kappa shape index (κ2) is 7.81. The van der Waals surface area contributed by atoms with Crippen molar-refractivity contribution < 1.29 is 20.1 Å². The monoisotopic (exact) mass is 511 g/mol. The van der Waals surface area contributed by atoms with Crippen molar-refractivity contribution in [2.75, 3.05) is 0 Å². The van der Waals surface area contributed by atoms with E-state index < -0.39 is 0 Å². The maximum atomic E-state index is 8.96. The van der Waals surface area contributed by atoms with Crippen LogP contribution >= 0.6 is 11.8 Å². The van der Waals surface area contributed by atoms with Gasteiger partial charge in [0.15, 0.2) is 0 Å². The van der Waals surface area contributed by atoms with E-state index in [4.69, 9.17) is 5.26 Å². The van der Waals surface area contributed by atoms with Crippen LogP contribution < -0.4 is 0 Å². The molecule has 0 unspecified atom stereocenters. The van der Waals surface area contributed by atoms with Gasteiger partial charge in [0.2, 0.25) is 0 Å². The normalized spacial score (nSPS) is 10.1. The minimum Gasteiger partial charge on any atom is -0.338 e. The Bertz CT molecular complexity index is 872. The number of hydrogen-bond acceptors (Lipinski definition) is 3. The van der Waals surface area contributed by atoms with Gasteiger partial charge in [-0.2, -0.15) is 5.26 Å². The molecule has 3 aromatic rings. The molecule has 0 amide bonds. The van der Waals surface area contributed by atoms with Gasteiger partial charge in [-0.1, -0.05) is 17.7 Å². The third kappa shape index (κ3) is 3.62. The molecule has 2 aromatic carbocycles. The van der Waals surface area contributed by atoms with Gasteiger partial charge in [-0.05, 0) is 31.9 Å². The molecular formula is C19H16IrN3S-. The van der Waals surface area contributed by atoms with Crippen LogP contribution in [0.3, 0.4) is 0 Å². The largest absolute Gasteiger partial charge is 0.338 e. The van der Waals surface area contributed by atoms with Gasteiger partial charge in [-0.15, -0.1) is 35.9 Å². The zero-order valence-electron chi connectivity index (χ0n) is 13.6. The van der Waals surface area contributed by atoms with Crippen LogP contribution in [0.5, 0.6) is 0 Å². The standard InChI is InChI=1S/C19H16N3S.Ir/c1-13-9-14(2)18(15(3)10-13)22-11-17(23-12-20)21-19(22)16-7-5-4-6-8-16;/h4-7,9-11H,1-3H3;/q-1;. The zero-order valence-corrected chi connectivity index (χ0v) is 16.8. The fraction of sp³-hybridized carbons (Fsp3) is 0.158. The van der Waals surface area contributed by atoms with Gasteiger partial charge >= 0.3 is 0 Å². The topological polar surface area (TPSA) is 41.6 Å². The first-order chi connectivity index (χ1) is 11.1. The Balaban J connectivity index is 0.00000208. The van der Waals surface area contributed by atoms with Gasteiger partial charge < -0.3 is 4.57 Å². The molecule has 1 aromatic heterocycles. The van der Waals surface area contributed by atoms with Gasteiger partial charge in [0.1, 0.15) is 10.4 Å². The number of hydrogen-bond donors (Lipinski definition) is 0. The van der Waals surface area contributed by atoms with E-state index in [0.717, 1.165) is 28.8 Å². The van der Waals surface area contributed by atoms with E-state index >= 15 is 0 Å².